The largest absolute Gasteiger partial charge is 0.280 e. The lowest BCUT2D eigenvalue weighted by Crippen LogP contribution is -2.12. The molecule has 8 heteroatoms. The maximum absolute atomic E-state index is 12.1. The molecular formula is C11H6Cl2N2O2S2. The van der Waals surface area contributed by atoms with Gasteiger partial charge in [0.1, 0.15) is 9.23 Å². The van der Waals surface area contributed by atoms with E-state index in [1.165, 1.54) is 12.1 Å². The third-order valence-electron chi connectivity index (χ3n) is 2.16. The number of halogens is 2. The van der Waals surface area contributed by atoms with Crippen LogP contribution >= 0.6 is 34.5 Å². The van der Waals surface area contributed by atoms with Crippen molar-refractivity contribution in [3.05, 3.63) is 44.6 Å². The molecule has 0 radical (unpaired) electrons. The smallest absolute Gasteiger partial charge is 0.264 e. The van der Waals surface area contributed by atoms with Crippen molar-refractivity contribution in [3.8, 4) is 6.07 Å². The Bertz CT molecular complexity index is 763. The molecule has 0 aliphatic carbocycles. The molecule has 0 amide bonds. The molecule has 19 heavy (non-hydrogen) atoms. The van der Waals surface area contributed by atoms with Crippen LogP contribution in [0, 0.1) is 11.3 Å². The molecule has 98 valence electrons. The third-order valence-corrected chi connectivity index (χ3v) is 5.29. The van der Waals surface area contributed by atoms with Gasteiger partial charge in [0.2, 0.25) is 0 Å². The van der Waals surface area contributed by atoms with Gasteiger partial charge in [-0.25, -0.2) is 8.42 Å². The molecule has 0 saturated heterocycles. The Morgan fingerprint density at radius 2 is 2.00 bits per heavy atom. The van der Waals surface area contributed by atoms with E-state index < -0.39 is 10.0 Å². The fourth-order valence-corrected chi connectivity index (χ4v) is 4.57. The summed E-state index contributed by atoms with van der Waals surface area (Å²) in [6.45, 7) is 0. The summed E-state index contributed by atoms with van der Waals surface area (Å²) in [5.74, 6) is 0. The fraction of sp³-hybridized carbons (Fsp3) is 0. The Kier molecular flexibility index (Phi) is 4.02. The van der Waals surface area contributed by atoms with Crippen LogP contribution in [0.5, 0.6) is 0 Å². The molecule has 0 aliphatic heterocycles. The molecule has 0 bridgehead atoms. The van der Waals surface area contributed by atoms with Crippen molar-refractivity contribution in [3.63, 3.8) is 0 Å². The minimum absolute atomic E-state index is 0.0773. The summed E-state index contributed by atoms with van der Waals surface area (Å²) >= 11 is 12.5. The zero-order valence-corrected chi connectivity index (χ0v) is 12.4. The Labute approximate surface area is 124 Å². The molecule has 1 heterocycles. The Hall–Kier alpha value is -1.26. The van der Waals surface area contributed by atoms with Crippen molar-refractivity contribution in [1.29, 1.82) is 5.26 Å². The predicted molar refractivity (Wildman–Crippen MR) is 76.3 cm³/mol. The quantitative estimate of drug-likeness (QED) is 0.930. The number of anilines is 1. The van der Waals surface area contributed by atoms with E-state index >= 15 is 0 Å². The zero-order chi connectivity index (χ0) is 14.0. The van der Waals surface area contributed by atoms with E-state index in [-0.39, 0.29) is 19.3 Å². The number of nitrogens with one attached hydrogen (secondary N) is 1. The van der Waals surface area contributed by atoms with E-state index in [0.29, 0.717) is 5.56 Å². The number of sulfonamides is 1. The molecule has 0 aliphatic rings. The molecule has 1 N–H and O–H groups in total. The van der Waals surface area contributed by atoms with Crippen molar-refractivity contribution in [2.24, 2.45) is 0 Å². The van der Waals surface area contributed by atoms with Gasteiger partial charge in [0, 0.05) is 0 Å². The first-order chi connectivity index (χ1) is 8.92. The Morgan fingerprint density at radius 3 is 2.58 bits per heavy atom. The summed E-state index contributed by atoms with van der Waals surface area (Å²) in [5.41, 5.74) is 0.645. The van der Waals surface area contributed by atoms with Crippen LogP contribution in [0.1, 0.15) is 5.56 Å². The highest BCUT2D eigenvalue weighted by Crippen LogP contribution is 2.35. The van der Waals surface area contributed by atoms with Crippen molar-refractivity contribution in [2.75, 3.05) is 4.72 Å². The number of nitriles is 1. The average Bonchev–Trinajstić information content (AvgIpc) is 2.69. The summed E-state index contributed by atoms with van der Waals surface area (Å²) in [6, 6.07) is 9.34. The van der Waals surface area contributed by atoms with Crippen LogP contribution in [0.4, 0.5) is 5.69 Å². The summed E-state index contributed by atoms with van der Waals surface area (Å²) in [6.07, 6.45) is 0. The lowest BCUT2D eigenvalue weighted by atomic mass is 10.2. The molecule has 0 fully saturated rings. The standard InChI is InChI=1S/C11H6Cl2N2O2S2/c12-10-5-9(11(13)18-10)19(16,17)15-8-3-1-2-7(4-8)6-14/h1-5,15H. The second-order valence-electron chi connectivity index (χ2n) is 3.49. The van der Waals surface area contributed by atoms with Gasteiger partial charge < -0.3 is 0 Å². The Balaban J connectivity index is 2.37. The highest BCUT2D eigenvalue weighted by molar-refractivity contribution is 7.93. The van der Waals surface area contributed by atoms with Gasteiger partial charge in [0.05, 0.1) is 21.7 Å². The van der Waals surface area contributed by atoms with E-state index in [1.54, 1.807) is 18.2 Å². The topological polar surface area (TPSA) is 70.0 Å². The molecule has 0 unspecified atom stereocenters. The van der Waals surface area contributed by atoms with E-state index in [9.17, 15) is 8.42 Å². The second-order valence-corrected chi connectivity index (χ2v) is 7.42. The van der Waals surface area contributed by atoms with Gasteiger partial charge in [-0.1, -0.05) is 29.3 Å². The minimum Gasteiger partial charge on any atom is -0.280 e. The highest BCUT2D eigenvalue weighted by Gasteiger charge is 2.21. The summed E-state index contributed by atoms with van der Waals surface area (Å²) < 4.78 is 26.9. The monoisotopic (exact) mass is 332 g/mol. The summed E-state index contributed by atoms with van der Waals surface area (Å²) in [7, 11) is -3.81. The summed E-state index contributed by atoms with van der Waals surface area (Å²) in [5, 5.41) is 8.76. The molecule has 0 saturated carbocycles. The van der Waals surface area contributed by atoms with Crippen molar-refractivity contribution in [2.45, 2.75) is 4.90 Å². The molecule has 2 rings (SSSR count). The van der Waals surface area contributed by atoms with Crippen LogP contribution in [-0.2, 0) is 10.0 Å². The number of benzene rings is 1. The van der Waals surface area contributed by atoms with Gasteiger partial charge in [-0.15, -0.1) is 11.3 Å². The van der Waals surface area contributed by atoms with Crippen LogP contribution in [-0.4, -0.2) is 8.42 Å². The number of hydrogen-bond acceptors (Lipinski definition) is 4. The van der Waals surface area contributed by atoms with Crippen LogP contribution < -0.4 is 4.72 Å². The van der Waals surface area contributed by atoms with Crippen LogP contribution in [0.25, 0.3) is 0 Å². The molecule has 0 atom stereocenters. The molecule has 1 aromatic carbocycles. The van der Waals surface area contributed by atoms with Crippen LogP contribution in [0.15, 0.2) is 35.2 Å². The maximum atomic E-state index is 12.1. The van der Waals surface area contributed by atoms with E-state index in [4.69, 9.17) is 28.5 Å². The zero-order valence-electron chi connectivity index (χ0n) is 9.22. The highest BCUT2D eigenvalue weighted by atomic mass is 35.5. The van der Waals surface area contributed by atoms with E-state index in [2.05, 4.69) is 4.72 Å². The van der Waals surface area contributed by atoms with Gasteiger partial charge in [-0.3, -0.25) is 4.72 Å². The predicted octanol–water partition coefficient (Wildman–Crippen LogP) is 3.73. The normalized spacial score (nSPS) is 11.0. The van der Waals surface area contributed by atoms with E-state index in [1.807, 2.05) is 6.07 Å². The van der Waals surface area contributed by atoms with Gasteiger partial charge >= 0.3 is 0 Å². The van der Waals surface area contributed by atoms with Crippen LogP contribution in [0.2, 0.25) is 8.67 Å². The third kappa shape index (κ3) is 3.19. The van der Waals surface area contributed by atoms with Crippen molar-refractivity contribution >= 4 is 50.2 Å². The first-order valence-corrected chi connectivity index (χ1v) is 7.96. The number of rotatable bonds is 3. The molecular weight excluding hydrogens is 327 g/mol. The number of nitrogens with zero attached hydrogens (tertiary/aromatic N) is 1. The molecule has 2 aromatic rings. The van der Waals surface area contributed by atoms with E-state index in [0.717, 1.165) is 11.3 Å². The van der Waals surface area contributed by atoms with Gasteiger partial charge in [0.25, 0.3) is 10.0 Å². The first-order valence-electron chi connectivity index (χ1n) is 4.90. The number of hydrogen-bond donors (Lipinski definition) is 1. The molecule has 1 aromatic heterocycles. The lowest BCUT2D eigenvalue weighted by Gasteiger charge is -2.06. The number of thiophene rings is 1. The SMILES string of the molecule is N#Cc1cccc(NS(=O)(=O)c2cc(Cl)sc2Cl)c1. The minimum atomic E-state index is -3.81. The van der Waals surface area contributed by atoms with Gasteiger partial charge in [-0.05, 0) is 24.3 Å². The average molecular weight is 333 g/mol. The van der Waals surface area contributed by atoms with Crippen molar-refractivity contribution < 1.29 is 8.42 Å². The molecule has 0 spiro atoms. The van der Waals surface area contributed by atoms with Gasteiger partial charge in [0.15, 0.2) is 0 Å². The lowest BCUT2D eigenvalue weighted by molar-refractivity contribution is 0.601. The fourth-order valence-electron chi connectivity index (χ4n) is 1.37. The van der Waals surface area contributed by atoms with Crippen LogP contribution in [0.3, 0.4) is 0 Å². The van der Waals surface area contributed by atoms with Crippen molar-refractivity contribution in [1.82, 2.24) is 0 Å². The summed E-state index contributed by atoms with van der Waals surface area (Å²) in [4.78, 5) is -0.0773. The second kappa shape index (κ2) is 5.39. The maximum Gasteiger partial charge on any atom is 0.264 e. The first kappa shape index (κ1) is 14.2. The molecule has 4 nitrogen and oxygen atoms in total. The van der Waals surface area contributed by atoms with Gasteiger partial charge in [-0.2, -0.15) is 5.26 Å². The Morgan fingerprint density at radius 1 is 1.26 bits per heavy atom.